The lowest BCUT2D eigenvalue weighted by atomic mass is 10.2. The van der Waals surface area contributed by atoms with Crippen molar-refractivity contribution in [1.29, 1.82) is 0 Å². The lowest BCUT2D eigenvalue weighted by molar-refractivity contribution is -0.166. The fourth-order valence-electron chi connectivity index (χ4n) is 2.91. The molecule has 58 heavy (non-hydrogen) atoms. The maximum absolute atomic E-state index is 11.5. The van der Waals surface area contributed by atoms with Crippen molar-refractivity contribution in [3.63, 3.8) is 0 Å². The van der Waals surface area contributed by atoms with Crippen LogP contribution in [0.2, 0.25) is 0 Å². The van der Waals surface area contributed by atoms with Crippen LogP contribution in [0.4, 0.5) is 0 Å². The van der Waals surface area contributed by atoms with Gasteiger partial charge in [-0.1, -0.05) is 43.2 Å². The van der Waals surface area contributed by atoms with E-state index in [1.54, 1.807) is 83.9 Å². The van der Waals surface area contributed by atoms with E-state index in [9.17, 15) is 28.8 Å². The molecule has 23 heteroatoms. The predicted octanol–water partition coefficient (Wildman–Crippen LogP) is 2.84. The van der Waals surface area contributed by atoms with E-state index >= 15 is 0 Å². The molecule has 1 rings (SSSR count). The lowest BCUT2D eigenvalue weighted by Crippen LogP contribution is -2.32. The first-order chi connectivity index (χ1) is 26.7. The van der Waals surface area contributed by atoms with E-state index in [0.717, 1.165) is 0 Å². The summed E-state index contributed by atoms with van der Waals surface area (Å²) in [7, 11) is 6.03. The normalized spacial score (nSPS) is 16.1. The molecule has 342 valence electrons. The molecule has 0 radical (unpaired) electrons. The molecule has 0 aliphatic carbocycles. The van der Waals surface area contributed by atoms with Crippen LogP contribution >= 0.6 is 68.4 Å². The summed E-state index contributed by atoms with van der Waals surface area (Å²) in [5.74, 6) is -0.536. The standard InChI is InChI=1S/C18H30O8S2.C9H16O5.C4H8O2S2.C4H10O2S2/c1-17(2,3)25-15(21)11-23-13(19)7-9-27-28-10-8-14(20)24-12-16(22)26-18(4,5)6;1-9(2,3)14-8(12)6-13-7(11)4-5-10;5-3-1-7-8-2-4(3)6;5-3(1-7)4(6)2-8/h7-12H2,1-6H3;10H,4-6H2,1-3H3;3-6H,1-2H2;3-8H,1-2H2. The minimum atomic E-state index is -0.740. The SMILES string of the molecule is CC(C)(C)OC(=O)COC(=O)CCO.CC(C)(C)OC(=O)COC(=O)CCSSCCC(=O)OCC(=O)OC(C)(C)C.OC(CS)C(O)CS.OC1CSSCC1O. The van der Waals surface area contributed by atoms with Crippen molar-refractivity contribution in [3.8, 4) is 0 Å². The van der Waals surface area contributed by atoms with Gasteiger partial charge in [0.2, 0.25) is 0 Å². The summed E-state index contributed by atoms with van der Waals surface area (Å²) in [6.07, 6.45) is -2.30. The molecule has 4 atom stereocenters. The Labute approximate surface area is 368 Å². The number of carbonyl (C=O) groups is 6. The van der Waals surface area contributed by atoms with Gasteiger partial charge in [-0.2, -0.15) is 25.3 Å². The molecule has 1 fully saturated rings. The quantitative estimate of drug-likeness (QED) is 0.0343. The van der Waals surface area contributed by atoms with E-state index in [2.05, 4.69) is 30.0 Å². The van der Waals surface area contributed by atoms with Gasteiger partial charge in [-0.3, -0.25) is 14.4 Å². The van der Waals surface area contributed by atoms with Crippen LogP contribution in [0, 0.1) is 0 Å². The van der Waals surface area contributed by atoms with Crippen LogP contribution in [0.1, 0.15) is 81.6 Å². The fraction of sp³-hybridized carbons (Fsp3) is 0.829. The molecule has 17 nitrogen and oxygen atoms in total. The Morgan fingerprint density at radius 3 is 1.07 bits per heavy atom. The first-order valence-corrected chi connectivity index (χ1v) is 24.1. The summed E-state index contributed by atoms with van der Waals surface area (Å²) < 4.78 is 29.1. The van der Waals surface area contributed by atoms with Crippen LogP contribution in [0.15, 0.2) is 0 Å². The molecule has 0 aromatic carbocycles. The molecular weight excluding hydrogens is 885 g/mol. The minimum absolute atomic E-state index is 0.108. The number of rotatable bonds is 18. The first-order valence-electron chi connectivity index (χ1n) is 17.8. The van der Waals surface area contributed by atoms with Gasteiger partial charge in [0.05, 0.1) is 50.3 Å². The van der Waals surface area contributed by atoms with Crippen molar-refractivity contribution in [2.45, 2.75) is 123 Å². The number of hydrogen-bond donors (Lipinski definition) is 7. The predicted molar refractivity (Wildman–Crippen MR) is 233 cm³/mol. The molecule has 1 saturated heterocycles. The van der Waals surface area contributed by atoms with Gasteiger partial charge >= 0.3 is 35.8 Å². The molecule has 1 heterocycles. The van der Waals surface area contributed by atoms with E-state index in [0.29, 0.717) is 23.0 Å². The second-order valence-electron chi connectivity index (χ2n) is 14.6. The zero-order valence-corrected chi connectivity index (χ0v) is 39.7. The summed E-state index contributed by atoms with van der Waals surface area (Å²) >= 11 is 7.53. The smallest absolute Gasteiger partial charge is 0.344 e. The van der Waals surface area contributed by atoms with Gasteiger partial charge in [0.15, 0.2) is 19.8 Å². The number of esters is 6. The number of hydrogen-bond acceptors (Lipinski definition) is 23. The highest BCUT2D eigenvalue weighted by molar-refractivity contribution is 8.77. The number of thiol groups is 2. The van der Waals surface area contributed by atoms with E-state index in [1.807, 2.05) is 0 Å². The Kier molecular flexibility index (Phi) is 36.1. The third-order valence-electron chi connectivity index (χ3n) is 5.31. The van der Waals surface area contributed by atoms with Crippen LogP contribution in [0.3, 0.4) is 0 Å². The average molecular weight is 949 g/mol. The summed E-state index contributed by atoms with van der Waals surface area (Å²) in [5, 5.41) is 43.7. The third-order valence-corrected chi connectivity index (χ3v) is 10.9. The molecule has 4 unspecified atom stereocenters. The van der Waals surface area contributed by atoms with Gasteiger partial charge in [-0.05, 0) is 62.3 Å². The zero-order chi connectivity index (χ0) is 45.5. The van der Waals surface area contributed by atoms with Crippen LogP contribution in [0.5, 0.6) is 0 Å². The monoisotopic (exact) mass is 948 g/mol. The Hall–Kier alpha value is -1.28. The Balaban J connectivity index is -0.000000822. The molecule has 5 N–H and O–H groups in total. The zero-order valence-electron chi connectivity index (χ0n) is 34.7. The van der Waals surface area contributed by atoms with E-state index < -0.39 is 96.9 Å². The molecule has 1 aliphatic rings. The first kappa shape index (κ1) is 61.0. The van der Waals surface area contributed by atoms with E-state index in [4.69, 9.17) is 49.2 Å². The van der Waals surface area contributed by atoms with Crippen molar-refractivity contribution < 1.29 is 82.7 Å². The van der Waals surface area contributed by atoms with Gasteiger partial charge < -0.3 is 54.0 Å². The molecule has 1 aliphatic heterocycles. The van der Waals surface area contributed by atoms with Crippen molar-refractivity contribution in [3.05, 3.63) is 0 Å². The van der Waals surface area contributed by atoms with Crippen molar-refractivity contribution in [2.75, 3.05) is 60.9 Å². The highest BCUT2D eigenvalue weighted by Crippen LogP contribution is 2.29. The highest BCUT2D eigenvalue weighted by atomic mass is 33.1. The van der Waals surface area contributed by atoms with Gasteiger partial charge in [-0.25, -0.2) is 14.4 Å². The maximum Gasteiger partial charge on any atom is 0.344 e. The van der Waals surface area contributed by atoms with Crippen LogP contribution in [-0.2, 0) is 57.2 Å². The van der Waals surface area contributed by atoms with Gasteiger partial charge in [0.1, 0.15) is 16.8 Å². The number of aliphatic hydroxyl groups is 5. The number of ether oxygens (including phenoxy) is 6. The Bertz CT molecular complexity index is 1110. The number of aliphatic hydroxyl groups excluding tert-OH is 5. The molecule has 0 aromatic rings. The summed E-state index contributed by atoms with van der Waals surface area (Å²) in [6, 6.07) is 0. The van der Waals surface area contributed by atoms with Crippen molar-refractivity contribution in [1.82, 2.24) is 0 Å². The second kappa shape index (κ2) is 34.3. The third kappa shape index (κ3) is 44.3. The summed E-state index contributed by atoms with van der Waals surface area (Å²) in [6.45, 7) is 14.0. The summed E-state index contributed by atoms with van der Waals surface area (Å²) in [4.78, 5) is 67.6. The van der Waals surface area contributed by atoms with E-state index in [1.165, 1.54) is 21.6 Å². The van der Waals surface area contributed by atoms with Crippen molar-refractivity contribution in [2.24, 2.45) is 0 Å². The molecule has 0 amide bonds. The fourth-order valence-corrected chi connectivity index (χ4v) is 7.67. The molecule has 0 spiro atoms. The van der Waals surface area contributed by atoms with Crippen LogP contribution < -0.4 is 0 Å². The summed E-state index contributed by atoms with van der Waals surface area (Å²) in [5.41, 5.74) is -1.82. The molecular formula is C35H64O17S6. The maximum atomic E-state index is 11.5. The van der Waals surface area contributed by atoms with Gasteiger partial charge in [0.25, 0.3) is 0 Å². The topological polar surface area (TPSA) is 259 Å². The van der Waals surface area contributed by atoms with Gasteiger partial charge in [0, 0.05) is 34.5 Å². The second-order valence-corrected chi connectivity index (χ2v) is 20.5. The molecule has 0 bridgehead atoms. The molecule has 0 saturated carbocycles. The van der Waals surface area contributed by atoms with Crippen molar-refractivity contribution >= 4 is 104 Å². The van der Waals surface area contributed by atoms with E-state index in [-0.39, 0.29) is 37.4 Å². The van der Waals surface area contributed by atoms with Gasteiger partial charge in [-0.15, -0.1) is 0 Å². The number of carbonyl (C=O) groups excluding carboxylic acids is 6. The largest absolute Gasteiger partial charge is 0.457 e. The minimum Gasteiger partial charge on any atom is -0.457 e. The van der Waals surface area contributed by atoms with Crippen LogP contribution in [-0.4, -0.2) is 164 Å². The molecule has 0 aromatic heterocycles. The Morgan fingerprint density at radius 1 is 0.569 bits per heavy atom. The lowest BCUT2D eigenvalue weighted by Gasteiger charge is -2.20. The average Bonchev–Trinajstić information content (AvgIpc) is 3.09. The highest BCUT2D eigenvalue weighted by Gasteiger charge is 2.21. The Morgan fingerprint density at radius 2 is 0.845 bits per heavy atom. The van der Waals surface area contributed by atoms with Crippen LogP contribution in [0.25, 0.3) is 0 Å².